The molecule has 2 aromatic rings. The Balaban J connectivity index is 1.84. The van der Waals surface area contributed by atoms with Crippen LogP contribution in [-0.4, -0.2) is 36.7 Å². The molecule has 0 aliphatic heterocycles. The summed E-state index contributed by atoms with van der Waals surface area (Å²) in [5.41, 5.74) is 5.49. The monoisotopic (exact) mass is 422 g/mol. The fourth-order valence-corrected chi connectivity index (χ4v) is 3.15. The first-order valence-corrected chi connectivity index (χ1v) is 9.72. The summed E-state index contributed by atoms with van der Waals surface area (Å²) in [5, 5.41) is 0. The molecule has 0 atom stereocenters. The van der Waals surface area contributed by atoms with Gasteiger partial charge < -0.3 is 15.4 Å². The number of hydrogen-bond donors (Lipinski definition) is 1. The molecule has 0 saturated carbocycles. The lowest BCUT2D eigenvalue weighted by atomic mass is 10.2. The van der Waals surface area contributed by atoms with E-state index in [1.807, 2.05) is 0 Å². The van der Waals surface area contributed by atoms with Crippen molar-refractivity contribution in [2.75, 3.05) is 23.8 Å². The fraction of sp³-hybridized carbons (Fsp3) is 0.250. The molecule has 0 spiro atoms. The maximum Gasteiger partial charge on any atom is 0.307 e. The van der Waals surface area contributed by atoms with Gasteiger partial charge in [-0.15, -0.1) is 11.8 Å². The van der Waals surface area contributed by atoms with Crippen molar-refractivity contribution >= 4 is 35.2 Å². The molecule has 0 heterocycles. The highest BCUT2D eigenvalue weighted by molar-refractivity contribution is 7.99. The van der Waals surface area contributed by atoms with E-state index < -0.39 is 30.2 Å². The number of halogens is 2. The van der Waals surface area contributed by atoms with E-state index in [-0.39, 0.29) is 25.2 Å². The summed E-state index contributed by atoms with van der Waals surface area (Å²) < 4.78 is 31.0. The van der Waals surface area contributed by atoms with Crippen LogP contribution in [0.2, 0.25) is 0 Å². The van der Waals surface area contributed by atoms with Gasteiger partial charge in [-0.3, -0.25) is 14.4 Å². The molecule has 2 N–H and O–H groups in total. The maximum atomic E-state index is 13.1. The molecule has 0 bridgehead atoms. The molecule has 2 aromatic carbocycles. The molecule has 2 rings (SSSR count). The molecule has 6 nitrogen and oxygen atoms in total. The van der Waals surface area contributed by atoms with Gasteiger partial charge in [0.15, 0.2) is 6.61 Å². The van der Waals surface area contributed by atoms with Crippen LogP contribution in [-0.2, 0) is 19.1 Å². The smallest absolute Gasteiger partial charge is 0.307 e. The van der Waals surface area contributed by atoms with Crippen LogP contribution in [0.4, 0.5) is 14.5 Å². The maximum absolute atomic E-state index is 13.1. The molecule has 0 aromatic heterocycles. The molecule has 0 unspecified atom stereocenters. The number of hydrogen-bond acceptors (Lipinski definition) is 5. The summed E-state index contributed by atoms with van der Waals surface area (Å²) in [4.78, 5) is 37.4. The summed E-state index contributed by atoms with van der Waals surface area (Å²) in [7, 11) is 0. The van der Waals surface area contributed by atoms with Gasteiger partial charge in [0, 0.05) is 29.3 Å². The van der Waals surface area contributed by atoms with Gasteiger partial charge in [0.1, 0.15) is 11.6 Å². The van der Waals surface area contributed by atoms with Crippen LogP contribution in [0.5, 0.6) is 0 Å². The minimum Gasteiger partial charge on any atom is -0.456 e. The third kappa shape index (κ3) is 7.90. The molecule has 0 fully saturated rings. The zero-order valence-corrected chi connectivity index (χ0v) is 16.3. The second-order valence-electron chi connectivity index (χ2n) is 5.95. The predicted octanol–water partition coefficient (Wildman–Crippen LogP) is 2.90. The van der Waals surface area contributed by atoms with Crippen molar-refractivity contribution in [1.29, 1.82) is 0 Å². The molecule has 0 radical (unpaired) electrons. The predicted molar refractivity (Wildman–Crippen MR) is 105 cm³/mol. The van der Waals surface area contributed by atoms with Gasteiger partial charge >= 0.3 is 5.97 Å². The van der Waals surface area contributed by atoms with Crippen molar-refractivity contribution in [2.45, 2.75) is 17.7 Å². The van der Waals surface area contributed by atoms with Crippen LogP contribution in [0.3, 0.4) is 0 Å². The van der Waals surface area contributed by atoms with Crippen molar-refractivity contribution in [2.24, 2.45) is 5.73 Å². The second-order valence-corrected chi connectivity index (χ2v) is 7.12. The summed E-state index contributed by atoms with van der Waals surface area (Å²) in [6.45, 7) is -0.534. The number of esters is 1. The average Bonchev–Trinajstić information content (AvgIpc) is 2.69. The summed E-state index contributed by atoms with van der Waals surface area (Å²) in [6, 6.07) is 11.0. The van der Waals surface area contributed by atoms with Crippen LogP contribution < -0.4 is 10.6 Å². The standard InChI is InChI=1S/C20H20F2N2O4S/c21-14-1-5-16(6-2-14)24(11-9-18(23)25)19(26)13-28-20(27)10-12-29-17-7-3-15(22)4-8-17/h1-8H,9-13H2,(H2,23,25). The molecule has 154 valence electrons. The Hall–Kier alpha value is -2.94. The van der Waals surface area contributed by atoms with Crippen molar-refractivity contribution in [3.05, 3.63) is 60.2 Å². The number of carbonyl (C=O) groups is 3. The highest BCUT2D eigenvalue weighted by atomic mass is 32.2. The highest BCUT2D eigenvalue weighted by Gasteiger charge is 2.18. The molecular formula is C20H20F2N2O4S. The largest absolute Gasteiger partial charge is 0.456 e. The summed E-state index contributed by atoms with van der Waals surface area (Å²) in [6.07, 6.45) is -0.0292. The third-order valence-corrected chi connectivity index (χ3v) is 4.78. The van der Waals surface area contributed by atoms with E-state index in [1.54, 1.807) is 12.1 Å². The number of anilines is 1. The first kappa shape index (κ1) is 22.4. The Morgan fingerprint density at radius 2 is 1.52 bits per heavy atom. The SMILES string of the molecule is NC(=O)CCN(C(=O)COC(=O)CCSc1ccc(F)cc1)c1ccc(F)cc1. The van der Waals surface area contributed by atoms with Crippen LogP contribution >= 0.6 is 11.8 Å². The number of nitrogens with two attached hydrogens (primary N) is 1. The molecule has 0 aliphatic carbocycles. The Morgan fingerprint density at radius 1 is 0.931 bits per heavy atom. The fourth-order valence-electron chi connectivity index (χ4n) is 2.32. The summed E-state index contributed by atoms with van der Waals surface area (Å²) in [5.74, 6) is -2.13. The minimum absolute atomic E-state index is 0.0161. The number of thioether (sulfide) groups is 1. The van der Waals surface area contributed by atoms with Crippen LogP contribution in [0, 0.1) is 11.6 Å². The van der Waals surface area contributed by atoms with Gasteiger partial charge in [0.25, 0.3) is 5.91 Å². The number of nitrogens with zero attached hydrogens (tertiary/aromatic N) is 1. The lowest BCUT2D eigenvalue weighted by Gasteiger charge is -2.22. The molecule has 0 aliphatic rings. The van der Waals surface area contributed by atoms with Gasteiger partial charge in [0.2, 0.25) is 5.91 Å². The zero-order chi connectivity index (χ0) is 21.2. The number of carbonyl (C=O) groups excluding carboxylic acids is 3. The molecule has 9 heteroatoms. The van der Waals surface area contributed by atoms with E-state index in [0.717, 1.165) is 4.90 Å². The molecular weight excluding hydrogens is 402 g/mol. The van der Waals surface area contributed by atoms with Crippen LogP contribution in [0.25, 0.3) is 0 Å². The van der Waals surface area contributed by atoms with E-state index in [2.05, 4.69) is 0 Å². The number of ether oxygens (including phenoxy) is 1. The van der Waals surface area contributed by atoms with E-state index in [9.17, 15) is 23.2 Å². The first-order chi connectivity index (χ1) is 13.8. The Kier molecular flexibility index (Phi) is 8.60. The molecule has 29 heavy (non-hydrogen) atoms. The van der Waals surface area contributed by atoms with Gasteiger partial charge in [0.05, 0.1) is 6.42 Å². The van der Waals surface area contributed by atoms with Gasteiger partial charge in [-0.2, -0.15) is 0 Å². The highest BCUT2D eigenvalue weighted by Crippen LogP contribution is 2.19. The van der Waals surface area contributed by atoms with E-state index in [1.165, 1.54) is 53.1 Å². The van der Waals surface area contributed by atoms with Crippen molar-refractivity contribution in [3.63, 3.8) is 0 Å². The number of amides is 2. The van der Waals surface area contributed by atoms with Crippen LogP contribution in [0.15, 0.2) is 53.4 Å². The van der Waals surface area contributed by atoms with E-state index in [0.29, 0.717) is 11.4 Å². The number of primary amides is 1. The van der Waals surface area contributed by atoms with Gasteiger partial charge in [-0.1, -0.05) is 0 Å². The lowest BCUT2D eigenvalue weighted by Crippen LogP contribution is -2.37. The lowest BCUT2D eigenvalue weighted by molar-refractivity contribution is -0.147. The quantitative estimate of drug-likeness (QED) is 0.470. The van der Waals surface area contributed by atoms with Crippen molar-refractivity contribution in [3.8, 4) is 0 Å². The van der Waals surface area contributed by atoms with Crippen molar-refractivity contribution in [1.82, 2.24) is 0 Å². The van der Waals surface area contributed by atoms with Gasteiger partial charge in [-0.05, 0) is 48.5 Å². The van der Waals surface area contributed by atoms with Crippen molar-refractivity contribution < 1.29 is 27.9 Å². The Morgan fingerprint density at radius 3 is 2.10 bits per heavy atom. The average molecular weight is 422 g/mol. The number of benzene rings is 2. The molecule has 0 saturated heterocycles. The summed E-state index contributed by atoms with van der Waals surface area (Å²) >= 11 is 1.36. The first-order valence-electron chi connectivity index (χ1n) is 8.73. The zero-order valence-electron chi connectivity index (χ0n) is 15.5. The van der Waals surface area contributed by atoms with E-state index in [4.69, 9.17) is 10.5 Å². The number of rotatable bonds is 10. The normalized spacial score (nSPS) is 10.4. The topological polar surface area (TPSA) is 89.7 Å². The third-order valence-electron chi connectivity index (χ3n) is 3.77. The second kappa shape index (κ2) is 11.2. The van der Waals surface area contributed by atoms with E-state index >= 15 is 0 Å². The van der Waals surface area contributed by atoms with Gasteiger partial charge in [-0.25, -0.2) is 8.78 Å². The minimum atomic E-state index is -0.597. The Bertz CT molecular complexity index is 845. The molecule has 2 amide bonds. The Labute approximate surface area is 171 Å². The van der Waals surface area contributed by atoms with Crippen LogP contribution in [0.1, 0.15) is 12.8 Å².